The van der Waals surface area contributed by atoms with Gasteiger partial charge < -0.3 is 5.32 Å². The highest BCUT2D eigenvalue weighted by Gasteiger charge is 2.26. The maximum atomic E-state index is 3.46. The number of hydrogen-bond acceptors (Lipinski definition) is 3. The standard InChI is InChI=1S/C13H22N2S/c1-3-14-8-12-4-6-15(9-12)11(2)13-5-7-16-10-13/h5,7,10-12,14H,3-4,6,8-9H2,1-2H3. The van der Waals surface area contributed by atoms with Crippen LogP contribution in [0.4, 0.5) is 0 Å². The van der Waals surface area contributed by atoms with Gasteiger partial charge in [0, 0.05) is 12.6 Å². The molecule has 1 aromatic rings. The highest BCUT2D eigenvalue weighted by Crippen LogP contribution is 2.28. The van der Waals surface area contributed by atoms with Crippen LogP contribution in [-0.2, 0) is 0 Å². The summed E-state index contributed by atoms with van der Waals surface area (Å²) in [4.78, 5) is 2.62. The van der Waals surface area contributed by atoms with Crippen LogP contribution >= 0.6 is 11.3 Å². The zero-order valence-corrected chi connectivity index (χ0v) is 11.1. The van der Waals surface area contributed by atoms with Gasteiger partial charge in [-0.3, -0.25) is 4.90 Å². The molecule has 0 bridgehead atoms. The summed E-state index contributed by atoms with van der Waals surface area (Å²) >= 11 is 1.80. The van der Waals surface area contributed by atoms with Crippen molar-refractivity contribution >= 4 is 11.3 Å². The largest absolute Gasteiger partial charge is 0.317 e. The monoisotopic (exact) mass is 238 g/mol. The number of hydrogen-bond donors (Lipinski definition) is 1. The summed E-state index contributed by atoms with van der Waals surface area (Å²) in [6.45, 7) is 9.30. The van der Waals surface area contributed by atoms with Gasteiger partial charge in [0.1, 0.15) is 0 Å². The molecule has 1 fully saturated rings. The normalized spacial score (nSPS) is 23.8. The molecular formula is C13H22N2S. The van der Waals surface area contributed by atoms with Crippen LogP contribution < -0.4 is 5.32 Å². The maximum absolute atomic E-state index is 3.46. The summed E-state index contributed by atoms with van der Waals surface area (Å²) in [5, 5.41) is 7.92. The zero-order valence-electron chi connectivity index (χ0n) is 10.3. The fourth-order valence-corrected chi connectivity index (χ4v) is 3.20. The van der Waals surface area contributed by atoms with Crippen molar-refractivity contribution in [2.75, 3.05) is 26.2 Å². The van der Waals surface area contributed by atoms with Crippen LogP contribution in [0.1, 0.15) is 31.9 Å². The van der Waals surface area contributed by atoms with E-state index < -0.39 is 0 Å². The van der Waals surface area contributed by atoms with Gasteiger partial charge in [-0.25, -0.2) is 0 Å². The van der Waals surface area contributed by atoms with Crippen LogP contribution in [-0.4, -0.2) is 31.1 Å². The molecular weight excluding hydrogens is 216 g/mol. The van der Waals surface area contributed by atoms with E-state index in [1.54, 1.807) is 11.3 Å². The van der Waals surface area contributed by atoms with E-state index in [1.807, 2.05) is 0 Å². The first-order valence-corrected chi connectivity index (χ1v) is 7.22. The maximum Gasteiger partial charge on any atom is 0.0328 e. The lowest BCUT2D eigenvalue weighted by Gasteiger charge is -2.23. The number of nitrogens with zero attached hydrogens (tertiary/aromatic N) is 1. The molecule has 0 aliphatic carbocycles. The Hall–Kier alpha value is -0.380. The molecule has 0 saturated carbocycles. The quantitative estimate of drug-likeness (QED) is 0.848. The average Bonchev–Trinajstić information content (AvgIpc) is 2.96. The predicted molar refractivity (Wildman–Crippen MR) is 71.0 cm³/mol. The van der Waals surface area contributed by atoms with Crippen molar-refractivity contribution in [3.05, 3.63) is 22.4 Å². The van der Waals surface area contributed by atoms with Crippen LogP contribution in [0.2, 0.25) is 0 Å². The minimum atomic E-state index is 0.595. The van der Waals surface area contributed by atoms with Gasteiger partial charge in [-0.1, -0.05) is 6.92 Å². The molecule has 16 heavy (non-hydrogen) atoms. The lowest BCUT2D eigenvalue weighted by Crippen LogP contribution is -2.28. The molecule has 2 nitrogen and oxygen atoms in total. The Morgan fingerprint density at radius 3 is 3.19 bits per heavy atom. The lowest BCUT2D eigenvalue weighted by molar-refractivity contribution is 0.252. The summed E-state index contributed by atoms with van der Waals surface area (Å²) in [5.74, 6) is 0.848. The summed E-state index contributed by atoms with van der Waals surface area (Å²) in [6.07, 6.45) is 1.35. The lowest BCUT2D eigenvalue weighted by atomic mass is 10.1. The van der Waals surface area contributed by atoms with E-state index in [-0.39, 0.29) is 0 Å². The summed E-state index contributed by atoms with van der Waals surface area (Å²) in [5.41, 5.74) is 1.48. The summed E-state index contributed by atoms with van der Waals surface area (Å²) in [6, 6.07) is 2.85. The van der Waals surface area contributed by atoms with E-state index in [0.29, 0.717) is 6.04 Å². The minimum Gasteiger partial charge on any atom is -0.317 e. The molecule has 90 valence electrons. The molecule has 1 aromatic heterocycles. The van der Waals surface area contributed by atoms with Crippen molar-refractivity contribution in [3.8, 4) is 0 Å². The van der Waals surface area contributed by atoms with Crippen LogP contribution in [0.5, 0.6) is 0 Å². The molecule has 2 rings (SSSR count). The second-order valence-corrected chi connectivity index (χ2v) is 5.47. The first kappa shape index (κ1) is 12.1. The van der Waals surface area contributed by atoms with Crippen molar-refractivity contribution in [3.63, 3.8) is 0 Å². The van der Waals surface area contributed by atoms with Crippen molar-refractivity contribution in [2.45, 2.75) is 26.3 Å². The van der Waals surface area contributed by atoms with Gasteiger partial charge in [-0.15, -0.1) is 0 Å². The van der Waals surface area contributed by atoms with E-state index in [4.69, 9.17) is 0 Å². The molecule has 1 saturated heterocycles. The van der Waals surface area contributed by atoms with E-state index in [9.17, 15) is 0 Å². The molecule has 0 amide bonds. The van der Waals surface area contributed by atoms with Crippen LogP contribution in [0, 0.1) is 5.92 Å². The Balaban J connectivity index is 1.84. The van der Waals surface area contributed by atoms with Crippen LogP contribution in [0.25, 0.3) is 0 Å². The van der Waals surface area contributed by atoms with E-state index in [2.05, 4.69) is 40.9 Å². The third kappa shape index (κ3) is 2.84. The highest BCUT2D eigenvalue weighted by molar-refractivity contribution is 7.07. The van der Waals surface area contributed by atoms with Crippen molar-refractivity contribution in [1.82, 2.24) is 10.2 Å². The summed E-state index contributed by atoms with van der Waals surface area (Å²) < 4.78 is 0. The third-order valence-electron chi connectivity index (χ3n) is 3.57. The Kier molecular flexibility index (Phi) is 4.38. The molecule has 1 N–H and O–H groups in total. The number of nitrogens with one attached hydrogen (secondary N) is 1. The van der Waals surface area contributed by atoms with E-state index >= 15 is 0 Å². The molecule has 2 heterocycles. The van der Waals surface area contributed by atoms with Crippen molar-refractivity contribution in [2.24, 2.45) is 5.92 Å². The van der Waals surface area contributed by atoms with Gasteiger partial charge in [0.05, 0.1) is 0 Å². The van der Waals surface area contributed by atoms with Gasteiger partial charge in [-0.2, -0.15) is 11.3 Å². The van der Waals surface area contributed by atoms with Crippen molar-refractivity contribution in [1.29, 1.82) is 0 Å². The second kappa shape index (κ2) is 5.80. The molecule has 0 aromatic carbocycles. The van der Waals surface area contributed by atoms with Gasteiger partial charge >= 0.3 is 0 Å². The Labute approximate surface area is 103 Å². The molecule has 1 aliphatic heterocycles. The molecule has 2 atom stereocenters. The van der Waals surface area contributed by atoms with Gasteiger partial charge in [0.25, 0.3) is 0 Å². The smallest absolute Gasteiger partial charge is 0.0328 e. The minimum absolute atomic E-state index is 0.595. The predicted octanol–water partition coefficient (Wildman–Crippen LogP) is 2.74. The molecule has 0 radical (unpaired) electrons. The highest BCUT2D eigenvalue weighted by atomic mass is 32.1. The Bertz CT molecular complexity index is 297. The Morgan fingerprint density at radius 2 is 2.50 bits per heavy atom. The van der Waals surface area contributed by atoms with Crippen LogP contribution in [0.15, 0.2) is 16.8 Å². The molecule has 3 heteroatoms. The average molecular weight is 238 g/mol. The van der Waals surface area contributed by atoms with Gasteiger partial charge in [-0.05, 0) is 61.3 Å². The molecule has 2 unspecified atom stereocenters. The topological polar surface area (TPSA) is 15.3 Å². The Morgan fingerprint density at radius 1 is 1.62 bits per heavy atom. The SMILES string of the molecule is CCNCC1CCN(C(C)c2ccsc2)C1. The fourth-order valence-electron chi connectivity index (χ4n) is 2.45. The number of thiophene rings is 1. The first-order valence-electron chi connectivity index (χ1n) is 6.28. The summed E-state index contributed by atoms with van der Waals surface area (Å²) in [7, 11) is 0. The fraction of sp³-hybridized carbons (Fsp3) is 0.692. The van der Waals surface area contributed by atoms with Crippen LogP contribution in [0.3, 0.4) is 0 Å². The second-order valence-electron chi connectivity index (χ2n) is 4.69. The number of rotatable bonds is 5. The molecule has 1 aliphatic rings. The van der Waals surface area contributed by atoms with Gasteiger partial charge in [0.15, 0.2) is 0 Å². The van der Waals surface area contributed by atoms with E-state index in [1.165, 1.54) is 31.6 Å². The zero-order chi connectivity index (χ0) is 11.4. The van der Waals surface area contributed by atoms with Gasteiger partial charge in [0.2, 0.25) is 0 Å². The first-order chi connectivity index (χ1) is 7.81. The van der Waals surface area contributed by atoms with E-state index in [0.717, 1.165) is 12.5 Å². The number of likely N-dealkylation sites (tertiary alicyclic amines) is 1. The van der Waals surface area contributed by atoms with Crippen molar-refractivity contribution < 1.29 is 0 Å². The molecule has 0 spiro atoms. The third-order valence-corrected chi connectivity index (χ3v) is 4.28.